The third-order valence-electron chi connectivity index (χ3n) is 3.57. The fraction of sp³-hybridized carbons (Fsp3) is 0.389. The van der Waals surface area contributed by atoms with Crippen molar-refractivity contribution in [3.05, 3.63) is 42.6 Å². The van der Waals surface area contributed by atoms with Gasteiger partial charge in [0.25, 0.3) is 0 Å². The summed E-state index contributed by atoms with van der Waals surface area (Å²) in [6, 6.07) is 10.4. The number of likely N-dealkylation sites (N-methyl/N-ethyl adjacent to an activating group) is 1. The molecule has 0 bridgehead atoms. The van der Waals surface area contributed by atoms with Crippen molar-refractivity contribution < 1.29 is 17.9 Å². The van der Waals surface area contributed by atoms with Crippen LogP contribution in [-0.4, -0.2) is 46.8 Å². The third-order valence-corrected chi connectivity index (χ3v) is 5.21. The van der Waals surface area contributed by atoms with Crippen molar-refractivity contribution >= 4 is 15.8 Å². The molecular formula is C18H25N3O4S. The number of methoxy groups -OCH3 is 1. The average Bonchev–Trinajstić information content (AvgIpc) is 2.61. The lowest BCUT2D eigenvalue weighted by Gasteiger charge is -2.19. The summed E-state index contributed by atoms with van der Waals surface area (Å²) in [6.45, 7) is 4.63. The van der Waals surface area contributed by atoms with E-state index in [1.165, 1.54) is 6.20 Å². The summed E-state index contributed by atoms with van der Waals surface area (Å²) in [7, 11) is -0.0332. The number of sulfonamides is 1. The van der Waals surface area contributed by atoms with Gasteiger partial charge < -0.3 is 14.4 Å². The molecule has 26 heavy (non-hydrogen) atoms. The minimum atomic E-state index is -3.53. The molecule has 0 amide bonds. The third kappa shape index (κ3) is 5.60. The number of nitrogens with zero attached hydrogens (tertiary/aromatic N) is 2. The Morgan fingerprint density at radius 1 is 1.12 bits per heavy atom. The molecule has 0 radical (unpaired) electrons. The topological polar surface area (TPSA) is 80.8 Å². The van der Waals surface area contributed by atoms with Gasteiger partial charge in [0.1, 0.15) is 28.8 Å². The highest BCUT2D eigenvalue weighted by atomic mass is 32.2. The lowest BCUT2D eigenvalue weighted by Crippen LogP contribution is -2.30. The van der Waals surface area contributed by atoms with Crippen molar-refractivity contribution in [1.82, 2.24) is 9.71 Å². The normalized spacial score (nSPS) is 11.4. The Balaban J connectivity index is 1.90. The van der Waals surface area contributed by atoms with Gasteiger partial charge in [-0.25, -0.2) is 18.1 Å². The van der Waals surface area contributed by atoms with E-state index in [4.69, 9.17) is 9.47 Å². The number of pyridine rings is 1. The van der Waals surface area contributed by atoms with Gasteiger partial charge >= 0.3 is 0 Å². The van der Waals surface area contributed by atoms with Crippen LogP contribution in [0.2, 0.25) is 0 Å². The quantitative estimate of drug-likeness (QED) is 0.720. The number of rotatable bonds is 9. The lowest BCUT2D eigenvalue weighted by molar-refractivity contribution is 0.324. The predicted molar refractivity (Wildman–Crippen MR) is 101 cm³/mol. The Labute approximate surface area is 155 Å². The number of benzene rings is 1. The summed E-state index contributed by atoms with van der Waals surface area (Å²) in [5.74, 6) is 2.21. The van der Waals surface area contributed by atoms with Crippen LogP contribution in [0.25, 0.3) is 0 Å². The number of hydrogen-bond acceptors (Lipinski definition) is 6. The first-order valence-corrected chi connectivity index (χ1v) is 9.76. The van der Waals surface area contributed by atoms with Gasteiger partial charge in [0.05, 0.1) is 13.7 Å². The second-order valence-corrected chi connectivity index (χ2v) is 7.79. The molecule has 2 rings (SSSR count). The molecule has 8 heteroatoms. The summed E-state index contributed by atoms with van der Waals surface area (Å²) >= 11 is 0. The van der Waals surface area contributed by atoms with Gasteiger partial charge in [-0.1, -0.05) is 0 Å². The van der Waals surface area contributed by atoms with Crippen molar-refractivity contribution in [1.29, 1.82) is 0 Å². The van der Waals surface area contributed by atoms with E-state index in [0.29, 0.717) is 19.0 Å². The molecule has 2 aromatic rings. The van der Waals surface area contributed by atoms with Crippen molar-refractivity contribution in [3.63, 3.8) is 0 Å². The molecule has 1 N–H and O–H groups in total. The van der Waals surface area contributed by atoms with E-state index in [2.05, 4.69) is 9.71 Å². The van der Waals surface area contributed by atoms with Crippen LogP contribution < -0.4 is 19.1 Å². The molecule has 0 atom stereocenters. The van der Waals surface area contributed by atoms with Crippen molar-refractivity contribution in [2.24, 2.45) is 0 Å². The molecule has 0 fully saturated rings. The molecule has 0 spiro atoms. The van der Waals surface area contributed by atoms with Crippen molar-refractivity contribution in [2.75, 3.05) is 32.2 Å². The molecule has 0 saturated heterocycles. The molecular weight excluding hydrogens is 354 g/mol. The predicted octanol–water partition coefficient (Wildman–Crippen LogP) is 2.29. The van der Waals surface area contributed by atoms with Gasteiger partial charge in [-0.2, -0.15) is 0 Å². The number of aromatic nitrogens is 1. The molecule has 0 saturated carbocycles. The Morgan fingerprint density at radius 2 is 1.77 bits per heavy atom. The van der Waals surface area contributed by atoms with Crippen LogP contribution in [-0.2, 0) is 10.0 Å². The zero-order valence-corrected chi connectivity index (χ0v) is 16.3. The number of hydrogen-bond donors (Lipinski definition) is 1. The summed E-state index contributed by atoms with van der Waals surface area (Å²) < 4.78 is 37.5. The van der Waals surface area contributed by atoms with Crippen LogP contribution in [0.15, 0.2) is 47.5 Å². The van der Waals surface area contributed by atoms with E-state index >= 15 is 0 Å². The van der Waals surface area contributed by atoms with E-state index < -0.39 is 10.0 Å². The molecule has 1 aromatic carbocycles. The second kappa shape index (κ2) is 8.86. The van der Waals surface area contributed by atoms with Gasteiger partial charge in [-0.05, 0) is 50.2 Å². The summed E-state index contributed by atoms with van der Waals surface area (Å²) in [6.07, 6.45) is 1.36. The van der Waals surface area contributed by atoms with E-state index in [1.807, 2.05) is 36.2 Å². The summed E-state index contributed by atoms with van der Waals surface area (Å²) in [5.41, 5.74) is 0. The lowest BCUT2D eigenvalue weighted by atomic mass is 10.3. The van der Waals surface area contributed by atoms with Gasteiger partial charge in [0.15, 0.2) is 0 Å². The minimum absolute atomic E-state index is 0.151. The second-order valence-electron chi connectivity index (χ2n) is 6.07. The standard InChI is InChI=1S/C18H25N3O4S/c1-14(2)20-26(22,23)17-9-10-18(19-13-17)21(3)11-12-25-16-7-5-15(24-4)6-8-16/h5-10,13-14,20H,11-12H2,1-4H3. The largest absolute Gasteiger partial charge is 0.497 e. The first-order valence-electron chi connectivity index (χ1n) is 8.28. The van der Waals surface area contributed by atoms with Gasteiger partial charge in [-0.15, -0.1) is 0 Å². The maximum absolute atomic E-state index is 12.1. The maximum atomic E-state index is 12.1. The number of nitrogens with one attached hydrogen (secondary N) is 1. The van der Waals surface area contributed by atoms with Crippen molar-refractivity contribution in [3.8, 4) is 11.5 Å². The van der Waals surface area contributed by atoms with Crippen molar-refractivity contribution in [2.45, 2.75) is 24.8 Å². The van der Waals surface area contributed by atoms with Gasteiger partial charge in [-0.3, -0.25) is 0 Å². The van der Waals surface area contributed by atoms with E-state index in [-0.39, 0.29) is 10.9 Å². The Bertz CT molecular complexity index is 790. The van der Waals surface area contributed by atoms with E-state index in [1.54, 1.807) is 33.1 Å². The Hall–Kier alpha value is -2.32. The van der Waals surface area contributed by atoms with Crippen LogP contribution in [0.1, 0.15) is 13.8 Å². The zero-order valence-electron chi connectivity index (χ0n) is 15.5. The Kier molecular flexibility index (Phi) is 6.82. The molecule has 7 nitrogen and oxygen atoms in total. The Morgan fingerprint density at radius 3 is 2.31 bits per heavy atom. The van der Waals surface area contributed by atoms with Crippen LogP contribution in [0, 0.1) is 0 Å². The maximum Gasteiger partial charge on any atom is 0.242 e. The summed E-state index contributed by atoms with van der Waals surface area (Å²) in [4.78, 5) is 6.28. The zero-order chi connectivity index (χ0) is 19.2. The molecule has 0 unspecified atom stereocenters. The molecule has 142 valence electrons. The van der Waals surface area contributed by atoms with Gasteiger partial charge in [0.2, 0.25) is 10.0 Å². The fourth-order valence-corrected chi connectivity index (χ4v) is 3.42. The SMILES string of the molecule is COc1ccc(OCCN(C)c2ccc(S(=O)(=O)NC(C)C)cn2)cc1. The van der Waals surface area contributed by atoms with Crippen LogP contribution in [0.3, 0.4) is 0 Å². The number of anilines is 1. The smallest absolute Gasteiger partial charge is 0.242 e. The first-order chi connectivity index (χ1) is 12.3. The molecule has 1 heterocycles. The van der Waals surface area contributed by atoms with Crippen LogP contribution >= 0.6 is 0 Å². The summed E-state index contributed by atoms with van der Waals surface area (Å²) in [5, 5.41) is 0. The van der Waals surface area contributed by atoms with Crippen LogP contribution in [0.5, 0.6) is 11.5 Å². The highest BCUT2D eigenvalue weighted by Gasteiger charge is 2.16. The molecule has 0 aliphatic carbocycles. The monoisotopic (exact) mass is 379 g/mol. The minimum Gasteiger partial charge on any atom is -0.497 e. The molecule has 1 aromatic heterocycles. The fourth-order valence-electron chi connectivity index (χ4n) is 2.22. The van der Waals surface area contributed by atoms with E-state index in [0.717, 1.165) is 11.5 Å². The molecule has 0 aliphatic heterocycles. The molecule has 0 aliphatic rings. The average molecular weight is 379 g/mol. The highest BCUT2D eigenvalue weighted by Crippen LogP contribution is 2.17. The highest BCUT2D eigenvalue weighted by molar-refractivity contribution is 7.89. The van der Waals surface area contributed by atoms with Gasteiger partial charge in [0, 0.05) is 19.3 Å². The van der Waals surface area contributed by atoms with E-state index in [9.17, 15) is 8.42 Å². The van der Waals surface area contributed by atoms with Crippen LogP contribution in [0.4, 0.5) is 5.82 Å². The first kappa shape index (κ1) is 20.0. The number of ether oxygens (including phenoxy) is 2.